The highest BCUT2D eigenvalue weighted by Gasteiger charge is 2.29. The number of carbonyl (C=O) groups is 1. The second-order valence-electron chi connectivity index (χ2n) is 9.86. The number of unbranched alkanes of at least 4 members (excludes halogenated alkanes) is 14. The first-order chi connectivity index (χ1) is 14.6. The van der Waals surface area contributed by atoms with Crippen LogP contribution >= 0.6 is 0 Å². The quantitative estimate of drug-likeness (QED) is 0.199. The van der Waals surface area contributed by atoms with Crippen LogP contribution in [0.5, 0.6) is 0 Å². The van der Waals surface area contributed by atoms with Crippen LogP contribution < -0.4 is 0 Å². The van der Waals surface area contributed by atoms with E-state index < -0.39 is 0 Å². The van der Waals surface area contributed by atoms with Gasteiger partial charge in [-0.25, -0.2) is 0 Å². The Labute approximate surface area is 187 Å². The number of ketones is 1. The molecule has 3 nitrogen and oxygen atoms in total. The maximum atomic E-state index is 11.9. The topological polar surface area (TPSA) is 57.5 Å². The molecule has 0 aromatic carbocycles. The summed E-state index contributed by atoms with van der Waals surface area (Å²) in [6, 6.07) is 0. The molecule has 1 aliphatic rings. The Hall–Kier alpha value is -0.410. The Balaban J connectivity index is 1.80. The molecule has 1 aliphatic carbocycles. The molecule has 178 valence electrons. The lowest BCUT2D eigenvalue weighted by Gasteiger charge is -2.26. The maximum Gasteiger partial charge on any atom is 0.138 e. The lowest BCUT2D eigenvalue weighted by Crippen LogP contribution is -2.32. The van der Waals surface area contributed by atoms with E-state index in [4.69, 9.17) is 0 Å². The highest BCUT2D eigenvalue weighted by Crippen LogP contribution is 2.26. The molecule has 1 saturated carbocycles. The Morgan fingerprint density at radius 2 is 1.23 bits per heavy atom. The van der Waals surface area contributed by atoms with Gasteiger partial charge in [-0.05, 0) is 32.1 Å². The zero-order valence-electron chi connectivity index (χ0n) is 20.1. The number of hydrogen-bond acceptors (Lipinski definition) is 3. The molecule has 0 heterocycles. The van der Waals surface area contributed by atoms with Crippen LogP contribution in [0.4, 0.5) is 0 Å². The normalized spacial score (nSPS) is 20.6. The van der Waals surface area contributed by atoms with Gasteiger partial charge in [0.1, 0.15) is 5.78 Å². The van der Waals surface area contributed by atoms with Crippen molar-refractivity contribution in [1.29, 1.82) is 0 Å². The van der Waals surface area contributed by atoms with Crippen LogP contribution in [-0.4, -0.2) is 28.2 Å². The first kappa shape index (κ1) is 27.6. The Morgan fingerprint density at radius 1 is 0.767 bits per heavy atom. The fourth-order valence-electron chi connectivity index (χ4n) is 4.90. The summed E-state index contributed by atoms with van der Waals surface area (Å²) in [5.74, 6) is 0.209. The van der Waals surface area contributed by atoms with Gasteiger partial charge in [0, 0.05) is 12.3 Å². The molecule has 0 saturated heterocycles. The van der Waals surface area contributed by atoms with Crippen molar-refractivity contribution < 1.29 is 15.0 Å². The maximum absolute atomic E-state index is 11.9. The molecular formula is C27H52O3. The van der Waals surface area contributed by atoms with Gasteiger partial charge in [0.15, 0.2) is 0 Å². The molecule has 3 atom stereocenters. The Bertz CT molecular complexity index is 396. The van der Waals surface area contributed by atoms with Gasteiger partial charge in [0.05, 0.1) is 12.2 Å². The average Bonchev–Trinajstić information content (AvgIpc) is 2.73. The monoisotopic (exact) mass is 424 g/mol. The first-order valence-corrected chi connectivity index (χ1v) is 13.5. The van der Waals surface area contributed by atoms with Crippen LogP contribution in [0.1, 0.15) is 148 Å². The number of rotatable bonds is 20. The zero-order valence-corrected chi connectivity index (χ0v) is 20.1. The van der Waals surface area contributed by atoms with E-state index in [1.165, 1.54) is 89.9 Å². The molecule has 3 heteroatoms. The van der Waals surface area contributed by atoms with Crippen LogP contribution in [0.15, 0.2) is 0 Å². The third-order valence-electron chi connectivity index (χ3n) is 6.99. The van der Waals surface area contributed by atoms with Crippen LogP contribution in [0, 0.1) is 5.92 Å². The molecule has 0 spiro atoms. The Morgan fingerprint density at radius 3 is 1.73 bits per heavy atom. The summed E-state index contributed by atoms with van der Waals surface area (Å²) < 4.78 is 0. The predicted octanol–water partition coefficient (Wildman–Crippen LogP) is 7.51. The highest BCUT2D eigenvalue weighted by molar-refractivity contribution is 5.82. The van der Waals surface area contributed by atoms with Crippen molar-refractivity contribution in [2.45, 2.75) is 160 Å². The number of Topliss-reactive ketones (excluding diaryl/α,β-unsaturated/α-hetero) is 1. The molecule has 0 radical (unpaired) electrons. The summed E-state index contributed by atoms with van der Waals surface area (Å²) >= 11 is 0. The summed E-state index contributed by atoms with van der Waals surface area (Å²) in [6.07, 6.45) is 25.2. The molecule has 0 aromatic heterocycles. The van der Waals surface area contributed by atoms with E-state index >= 15 is 0 Å². The van der Waals surface area contributed by atoms with Crippen molar-refractivity contribution in [3.8, 4) is 0 Å². The van der Waals surface area contributed by atoms with Gasteiger partial charge in [-0.2, -0.15) is 0 Å². The van der Waals surface area contributed by atoms with Crippen molar-refractivity contribution >= 4 is 5.78 Å². The summed E-state index contributed by atoms with van der Waals surface area (Å²) in [5, 5.41) is 20.1. The molecule has 1 rings (SSSR count). The minimum atomic E-state index is -0.381. The van der Waals surface area contributed by atoms with Crippen LogP contribution in [0.3, 0.4) is 0 Å². The molecule has 0 amide bonds. The van der Waals surface area contributed by atoms with E-state index in [9.17, 15) is 15.0 Å². The molecular weight excluding hydrogens is 372 g/mol. The lowest BCUT2D eigenvalue weighted by atomic mass is 9.82. The van der Waals surface area contributed by atoms with Crippen molar-refractivity contribution in [1.82, 2.24) is 0 Å². The molecule has 30 heavy (non-hydrogen) atoms. The van der Waals surface area contributed by atoms with Crippen molar-refractivity contribution in [3.05, 3.63) is 0 Å². The van der Waals surface area contributed by atoms with Gasteiger partial charge in [0.25, 0.3) is 0 Å². The minimum Gasteiger partial charge on any atom is -0.393 e. The van der Waals surface area contributed by atoms with Crippen LogP contribution in [0.2, 0.25) is 0 Å². The number of hydrogen-bond donors (Lipinski definition) is 2. The van der Waals surface area contributed by atoms with Crippen LogP contribution in [0.25, 0.3) is 0 Å². The van der Waals surface area contributed by atoms with Gasteiger partial charge >= 0.3 is 0 Å². The first-order valence-electron chi connectivity index (χ1n) is 13.5. The Kier molecular flexibility index (Phi) is 17.8. The molecule has 0 aliphatic heterocycles. The van der Waals surface area contributed by atoms with E-state index in [-0.39, 0.29) is 23.9 Å². The fraction of sp³-hybridized carbons (Fsp3) is 0.963. The average molecular weight is 425 g/mol. The fourth-order valence-corrected chi connectivity index (χ4v) is 4.90. The molecule has 0 aromatic rings. The van der Waals surface area contributed by atoms with Crippen molar-refractivity contribution in [2.24, 2.45) is 5.92 Å². The van der Waals surface area contributed by atoms with Crippen LogP contribution in [-0.2, 0) is 4.79 Å². The number of aliphatic hydroxyl groups excluding tert-OH is 2. The van der Waals surface area contributed by atoms with E-state index in [1.54, 1.807) is 0 Å². The third kappa shape index (κ3) is 14.6. The van der Waals surface area contributed by atoms with E-state index in [2.05, 4.69) is 6.92 Å². The van der Waals surface area contributed by atoms with Gasteiger partial charge in [-0.15, -0.1) is 0 Å². The summed E-state index contributed by atoms with van der Waals surface area (Å²) in [7, 11) is 0. The molecule has 1 fully saturated rings. The van der Waals surface area contributed by atoms with Gasteiger partial charge in [-0.1, -0.05) is 110 Å². The smallest absolute Gasteiger partial charge is 0.138 e. The zero-order chi connectivity index (χ0) is 21.9. The summed E-state index contributed by atoms with van der Waals surface area (Å²) in [6.45, 7) is 2.27. The highest BCUT2D eigenvalue weighted by atomic mass is 16.3. The van der Waals surface area contributed by atoms with E-state index in [1.807, 2.05) is 0 Å². The SMILES string of the molecule is CCCCCCCCCCCC(O)CCCCCCCCCC1C(=O)CCCC1O. The molecule has 0 bridgehead atoms. The number of carbonyl (C=O) groups excluding carboxylic acids is 1. The largest absolute Gasteiger partial charge is 0.393 e. The van der Waals surface area contributed by atoms with Gasteiger partial charge in [-0.3, -0.25) is 4.79 Å². The number of aliphatic hydroxyl groups is 2. The second kappa shape index (κ2) is 19.3. The van der Waals surface area contributed by atoms with Gasteiger partial charge < -0.3 is 10.2 Å². The molecule has 3 unspecified atom stereocenters. The van der Waals surface area contributed by atoms with Crippen molar-refractivity contribution in [3.63, 3.8) is 0 Å². The third-order valence-corrected chi connectivity index (χ3v) is 6.99. The lowest BCUT2D eigenvalue weighted by molar-refractivity contribution is -0.129. The molecule has 2 N–H and O–H groups in total. The minimum absolute atomic E-state index is 0.0777. The standard InChI is InChI=1S/C27H52O3/c1-2-3-4-5-6-7-9-12-15-19-24(28)20-16-13-10-8-11-14-17-21-25-26(29)22-18-23-27(25)30/h24-26,28-29H,2-23H2,1H3. The van der Waals surface area contributed by atoms with Gasteiger partial charge in [0.2, 0.25) is 0 Å². The predicted molar refractivity (Wildman–Crippen MR) is 128 cm³/mol. The second-order valence-corrected chi connectivity index (χ2v) is 9.86. The summed E-state index contributed by atoms with van der Waals surface area (Å²) in [4.78, 5) is 11.9. The van der Waals surface area contributed by atoms with E-state index in [0.717, 1.165) is 44.9 Å². The van der Waals surface area contributed by atoms with E-state index in [0.29, 0.717) is 6.42 Å². The summed E-state index contributed by atoms with van der Waals surface area (Å²) in [5.41, 5.74) is 0. The van der Waals surface area contributed by atoms with Crippen molar-refractivity contribution in [2.75, 3.05) is 0 Å².